The highest BCUT2D eigenvalue weighted by Crippen LogP contribution is 2.45. The van der Waals surface area contributed by atoms with E-state index in [2.05, 4.69) is 10.6 Å². The van der Waals surface area contributed by atoms with E-state index in [1.165, 1.54) is 0 Å². The van der Waals surface area contributed by atoms with Gasteiger partial charge in [0, 0.05) is 12.5 Å². The summed E-state index contributed by atoms with van der Waals surface area (Å²) in [5, 5.41) is 15.0. The zero-order chi connectivity index (χ0) is 15.8. The highest BCUT2D eigenvalue weighted by atomic mass is 16.4. The van der Waals surface area contributed by atoms with Gasteiger partial charge < -0.3 is 15.7 Å². The Balaban J connectivity index is 2.00. The minimum Gasteiger partial charge on any atom is -0.481 e. The molecule has 0 aromatic heterocycles. The molecule has 118 valence electrons. The monoisotopic (exact) mass is 296 g/mol. The molecule has 1 saturated heterocycles. The van der Waals surface area contributed by atoms with Gasteiger partial charge in [0.25, 0.3) is 0 Å². The summed E-state index contributed by atoms with van der Waals surface area (Å²) in [6.07, 6.45) is 2.15. The van der Waals surface area contributed by atoms with E-state index in [1.807, 2.05) is 20.8 Å². The molecule has 0 bridgehead atoms. The van der Waals surface area contributed by atoms with Crippen LogP contribution in [0.1, 0.15) is 46.5 Å². The Morgan fingerprint density at radius 1 is 1.29 bits per heavy atom. The van der Waals surface area contributed by atoms with E-state index in [0.717, 1.165) is 0 Å². The van der Waals surface area contributed by atoms with Crippen LogP contribution < -0.4 is 10.6 Å². The SMILES string of the molecule is CC1C(NC(=O)[C@@H]2CCC(=O)N2)CCC(C(=O)O)C1(C)C. The Bertz CT molecular complexity index is 461. The zero-order valence-electron chi connectivity index (χ0n) is 12.8. The molecule has 0 radical (unpaired) electrons. The van der Waals surface area contributed by atoms with E-state index in [0.29, 0.717) is 25.7 Å². The molecule has 21 heavy (non-hydrogen) atoms. The van der Waals surface area contributed by atoms with Gasteiger partial charge >= 0.3 is 5.97 Å². The second-order valence-electron chi connectivity index (χ2n) is 6.85. The van der Waals surface area contributed by atoms with Gasteiger partial charge in [-0.2, -0.15) is 0 Å². The first-order chi connectivity index (χ1) is 9.73. The van der Waals surface area contributed by atoms with Crippen molar-refractivity contribution in [1.82, 2.24) is 10.6 Å². The maximum absolute atomic E-state index is 12.2. The van der Waals surface area contributed by atoms with Gasteiger partial charge in [0.2, 0.25) is 11.8 Å². The summed E-state index contributed by atoms with van der Waals surface area (Å²) in [4.78, 5) is 34.7. The Labute approximate surface area is 124 Å². The third-order valence-corrected chi connectivity index (χ3v) is 5.38. The van der Waals surface area contributed by atoms with E-state index in [-0.39, 0.29) is 35.1 Å². The van der Waals surface area contributed by atoms with Crippen LogP contribution in [-0.4, -0.2) is 35.0 Å². The molecule has 2 aliphatic rings. The molecule has 1 heterocycles. The van der Waals surface area contributed by atoms with E-state index in [9.17, 15) is 19.5 Å². The first-order valence-electron chi connectivity index (χ1n) is 7.56. The van der Waals surface area contributed by atoms with Gasteiger partial charge in [-0.25, -0.2) is 0 Å². The summed E-state index contributed by atoms with van der Waals surface area (Å²) >= 11 is 0. The molecule has 3 N–H and O–H groups in total. The molecule has 6 nitrogen and oxygen atoms in total. The molecule has 1 aliphatic heterocycles. The fraction of sp³-hybridized carbons (Fsp3) is 0.800. The van der Waals surface area contributed by atoms with E-state index < -0.39 is 12.0 Å². The van der Waals surface area contributed by atoms with Crippen molar-refractivity contribution in [2.24, 2.45) is 17.3 Å². The Hall–Kier alpha value is -1.59. The predicted molar refractivity (Wildman–Crippen MR) is 76.4 cm³/mol. The van der Waals surface area contributed by atoms with Crippen LogP contribution in [0, 0.1) is 17.3 Å². The molecule has 1 aliphatic carbocycles. The molecule has 3 unspecified atom stereocenters. The van der Waals surface area contributed by atoms with Crippen molar-refractivity contribution in [2.75, 3.05) is 0 Å². The van der Waals surface area contributed by atoms with E-state index >= 15 is 0 Å². The van der Waals surface area contributed by atoms with E-state index in [1.54, 1.807) is 0 Å². The number of hydrogen-bond donors (Lipinski definition) is 3. The average Bonchev–Trinajstić information content (AvgIpc) is 2.81. The summed E-state index contributed by atoms with van der Waals surface area (Å²) in [7, 11) is 0. The van der Waals surface area contributed by atoms with Gasteiger partial charge in [-0.15, -0.1) is 0 Å². The lowest BCUT2D eigenvalue weighted by Gasteiger charge is -2.46. The second kappa shape index (κ2) is 5.66. The second-order valence-corrected chi connectivity index (χ2v) is 6.85. The number of carboxylic acids is 1. The third-order valence-electron chi connectivity index (χ3n) is 5.38. The largest absolute Gasteiger partial charge is 0.481 e. The number of carboxylic acid groups (broad SMARTS) is 1. The van der Waals surface area contributed by atoms with Crippen molar-refractivity contribution >= 4 is 17.8 Å². The van der Waals surface area contributed by atoms with Crippen molar-refractivity contribution in [3.8, 4) is 0 Å². The average molecular weight is 296 g/mol. The first kappa shape index (κ1) is 15.8. The number of aliphatic carboxylic acids is 1. The lowest BCUT2D eigenvalue weighted by molar-refractivity contribution is -0.150. The molecule has 2 fully saturated rings. The van der Waals surface area contributed by atoms with Crippen molar-refractivity contribution in [3.63, 3.8) is 0 Å². The topological polar surface area (TPSA) is 95.5 Å². The van der Waals surface area contributed by atoms with Crippen LogP contribution in [0.25, 0.3) is 0 Å². The van der Waals surface area contributed by atoms with Crippen LogP contribution in [0.5, 0.6) is 0 Å². The van der Waals surface area contributed by atoms with Gasteiger partial charge in [0.15, 0.2) is 0 Å². The summed E-state index contributed by atoms with van der Waals surface area (Å²) in [5.41, 5.74) is -0.374. The van der Waals surface area contributed by atoms with Gasteiger partial charge in [-0.1, -0.05) is 20.8 Å². The third kappa shape index (κ3) is 3.04. The molecule has 0 spiro atoms. The van der Waals surface area contributed by atoms with Crippen molar-refractivity contribution in [2.45, 2.75) is 58.5 Å². The fourth-order valence-corrected chi connectivity index (χ4v) is 3.54. The van der Waals surface area contributed by atoms with E-state index in [4.69, 9.17) is 0 Å². The van der Waals surface area contributed by atoms with Crippen molar-refractivity contribution in [3.05, 3.63) is 0 Å². The molecule has 2 amide bonds. The summed E-state index contributed by atoms with van der Waals surface area (Å²) in [6.45, 7) is 5.89. The van der Waals surface area contributed by atoms with Crippen molar-refractivity contribution < 1.29 is 19.5 Å². The Morgan fingerprint density at radius 2 is 1.95 bits per heavy atom. The van der Waals surface area contributed by atoms with Gasteiger partial charge in [0.05, 0.1) is 5.92 Å². The maximum Gasteiger partial charge on any atom is 0.307 e. The lowest BCUT2D eigenvalue weighted by Crippen LogP contribution is -2.55. The zero-order valence-corrected chi connectivity index (χ0v) is 12.8. The number of rotatable bonds is 3. The van der Waals surface area contributed by atoms with Crippen LogP contribution >= 0.6 is 0 Å². The highest BCUT2D eigenvalue weighted by Gasteiger charge is 2.47. The standard InChI is InChI=1S/C15H24N2O4/c1-8-10(5-4-9(14(20)21)15(8,2)3)17-13(19)11-6-7-12(18)16-11/h8-11H,4-7H2,1-3H3,(H,16,18)(H,17,19)(H,20,21)/t8?,9?,10?,11-/m0/s1. The smallest absolute Gasteiger partial charge is 0.307 e. The Morgan fingerprint density at radius 3 is 2.48 bits per heavy atom. The minimum atomic E-state index is -0.764. The lowest BCUT2D eigenvalue weighted by atomic mass is 9.61. The minimum absolute atomic E-state index is 0.0411. The maximum atomic E-state index is 12.2. The highest BCUT2D eigenvalue weighted by molar-refractivity contribution is 5.90. The van der Waals surface area contributed by atoms with Gasteiger partial charge in [-0.3, -0.25) is 14.4 Å². The predicted octanol–water partition coefficient (Wildman–Crippen LogP) is 0.907. The van der Waals surface area contributed by atoms with Crippen LogP contribution in [0.2, 0.25) is 0 Å². The van der Waals surface area contributed by atoms with Gasteiger partial charge in [-0.05, 0) is 30.6 Å². The molecule has 2 rings (SSSR count). The molecular weight excluding hydrogens is 272 g/mol. The summed E-state index contributed by atoms with van der Waals surface area (Å²) in [5.74, 6) is -1.32. The molecule has 0 aromatic carbocycles. The van der Waals surface area contributed by atoms with Crippen LogP contribution in [-0.2, 0) is 14.4 Å². The molecule has 4 atom stereocenters. The number of hydrogen-bond acceptors (Lipinski definition) is 3. The number of amides is 2. The van der Waals surface area contributed by atoms with Gasteiger partial charge in [0.1, 0.15) is 6.04 Å². The number of carbonyl (C=O) groups excluding carboxylic acids is 2. The number of nitrogens with one attached hydrogen (secondary N) is 2. The Kier molecular flexibility index (Phi) is 4.25. The summed E-state index contributed by atoms with van der Waals surface area (Å²) < 4.78 is 0. The van der Waals surface area contributed by atoms with Crippen LogP contribution in [0.3, 0.4) is 0 Å². The molecule has 0 aromatic rings. The number of carbonyl (C=O) groups is 3. The molecular formula is C15H24N2O4. The normalized spacial score (nSPS) is 35.1. The first-order valence-corrected chi connectivity index (χ1v) is 7.56. The van der Waals surface area contributed by atoms with Crippen molar-refractivity contribution in [1.29, 1.82) is 0 Å². The molecule has 6 heteroatoms. The fourth-order valence-electron chi connectivity index (χ4n) is 3.54. The quantitative estimate of drug-likeness (QED) is 0.721. The summed E-state index contributed by atoms with van der Waals surface area (Å²) in [6, 6.07) is -0.481. The van der Waals surface area contributed by atoms with Crippen LogP contribution in [0.4, 0.5) is 0 Å². The molecule has 1 saturated carbocycles. The van der Waals surface area contributed by atoms with Crippen LogP contribution in [0.15, 0.2) is 0 Å².